The van der Waals surface area contributed by atoms with Crippen LogP contribution in [0.1, 0.15) is 18.4 Å². The molecule has 1 aromatic rings. The Labute approximate surface area is 117 Å². The number of benzene rings is 1. The molecule has 1 aromatic carbocycles. The van der Waals surface area contributed by atoms with Gasteiger partial charge in [-0.1, -0.05) is 0 Å². The predicted molar refractivity (Wildman–Crippen MR) is 71.9 cm³/mol. The van der Waals surface area contributed by atoms with Gasteiger partial charge < -0.3 is 14.8 Å². The number of nitrogens with one attached hydrogen (secondary N) is 1. The molecule has 0 atom stereocenters. The molecule has 106 valence electrons. The van der Waals surface area contributed by atoms with Gasteiger partial charge in [0.15, 0.2) is 0 Å². The van der Waals surface area contributed by atoms with Crippen LogP contribution in [-0.4, -0.2) is 32.2 Å². The molecule has 0 unspecified atom stereocenters. The molecule has 0 saturated carbocycles. The maximum atomic E-state index is 11.6. The van der Waals surface area contributed by atoms with Gasteiger partial charge in [-0.2, -0.15) is 5.26 Å². The highest BCUT2D eigenvalue weighted by Gasteiger charge is 2.08. The summed E-state index contributed by atoms with van der Waals surface area (Å²) in [5.41, 5.74) is 1.10. The number of methoxy groups -OCH3 is 1. The zero-order valence-corrected chi connectivity index (χ0v) is 11.2. The van der Waals surface area contributed by atoms with Crippen molar-refractivity contribution in [2.75, 3.05) is 25.6 Å². The van der Waals surface area contributed by atoms with Crippen molar-refractivity contribution in [1.82, 2.24) is 0 Å². The Morgan fingerprint density at radius 1 is 1.20 bits per heavy atom. The van der Waals surface area contributed by atoms with Gasteiger partial charge in [0, 0.05) is 19.2 Å². The number of anilines is 1. The summed E-state index contributed by atoms with van der Waals surface area (Å²) in [6.45, 7) is 0.524. The van der Waals surface area contributed by atoms with Crippen molar-refractivity contribution in [2.24, 2.45) is 0 Å². The zero-order valence-electron chi connectivity index (χ0n) is 11.2. The lowest BCUT2D eigenvalue weighted by atomic mass is 10.2. The molecule has 0 aliphatic carbocycles. The van der Waals surface area contributed by atoms with Crippen LogP contribution in [0.3, 0.4) is 0 Å². The molecule has 0 aliphatic heterocycles. The van der Waals surface area contributed by atoms with E-state index in [1.165, 1.54) is 7.11 Å². The van der Waals surface area contributed by atoms with E-state index in [4.69, 9.17) is 14.7 Å². The number of amides is 1. The summed E-state index contributed by atoms with van der Waals surface area (Å²) in [5, 5.41) is 11.3. The number of hydrogen-bond donors (Lipinski definition) is 1. The molecule has 0 spiro atoms. The molecule has 0 heterocycles. The molecule has 0 aromatic heterocycles. The molecule has 0 aliphatic rings. The van der Waals surface area contributed by atoms with E-state index >= 15 is 0 Å². The third kappa shape index (κ3) is 5.98. The van der Waals surface area contributed by atoms with Gasteiger partial charge in [0.25, 0.3) is 0 Å². The molecule has 0 fully saturated rings. The molecule has 20 heavy (non-hydrogen) atoms. The van der Waals surface area contributed by atoms with E-state index in [0.29, 0.717) is 17.9 Å². The van der Waals surface area contributed by atoms with Crippen LogP contribution in [0.15, 0.2) is 24.3 Å². The first kappa shape index (κ1) is 15.7. The minimum atomic E-state index is -0.433. The van der Waals surface area contributed by atoms with Gasteiger partial charge >= 0.3 is 5.97 Å². The SMILES string of the molecule is COCCOC(=O)CCC(=O)Nc1ccc(C#N)cc1. The lowest BCUT2D eigenvalue weighted by Gasteiger charge is -2.06. The van der Waals surface area contributed by atoms with Gasteiger partial charge in [0.1, 0.15) is 6.61 Å². The Morgan fingerprint density at radius 2 is 1.90 bits per heavy atom. The van der Waals surface area contributed by atoms with Crippen LogP contribution in [0, 0.1) is 11.3 Å². The first-order valence-electron chi connectivity index (χ1n) is 6.10. The fraction of sp³-hybridized carbons (Fsp3) is 0.357. The van der Waals surface area contributed by atoms with Gasteiger partial charge in [-0.05, 0) is 24.3 Å². The summed E-state index contributed by atoms with van der Waals surface area (Å²) in [7, 11) is 1.51. The van der Waals surface area contributed by atoms with E-state index in [-0.39, 0.29) is 25.4 Å². The standard InChI is InChI=1S/C14H16N2O4/c1-19-8-9-20-14(18)7-6-13(17)16-12-4-2-11(10-15)3-5-12/h2-5H,6-9H2,1H3,(H,16,17). The number of carbonyl (C=O) groups is 2. The summed E-state index contributed by atoms with van der Waals surface area (Å²) in [6, 6.07) is 8.46. The molecular weight excluding hydrogens is 260 g/mol. The van der Waals surface area contributed by atoms with Crippen LogP contribution in [0.4, 0.5) is 5.69 Å². The predicted octanol–water partition coefficient (Wildman–Crippen LogP) is 1.47. The lowest BCUT2D eigenvalue weighted by Crippen LogP contribution is -2.15. The molecule has 6 nitrogen and oxygen atoms in total. The van der Waals surface area contributed by atoms with Gasteiger partial charge in [0.05, 0.1) is 24.7 Å². The minimum absolute atomic E-state index is 0.0197. The van der Waals surface area contributed by atoms with Crippen LogP contribution >= 0.6 is 0 Å². The van der Waals surface area contributed by atoms with Gasteiger partial charge in [-0.15, -0.1) is 0 Å². The van der Waals surface area contributed by atoms with Crippen LogP contribution in [-0.2, 0) is 19.1 Å². The van der Waals surface area contributed by atoms with E-state index in [0.717, 1.165) is 0 Å². The number of rotatable bonds is 7. The molecule has 1 N–H and O–H groups in total. The summed E-state index contributed by atoms with van der Waals surface area (Å²) < 4.78 is 9.57. The highest BCUT2D eigenvalue weighted by molar-refractivity contribution is 5.92. The summed E-state index contributed by atoms with van der Waals surface area (Å²) in [6.07, 6.45) is 0.0671. The Morgan fingerprint density at radius 3 is 2.50 bits per heavy atom. The first-order chi connectivity index (χ1) is 9.65. The molecule has 1 amide bonds. The summed E-state index contributed by atoms with van der Waals surface area (Å²) in [5.74, 6) is -0.713. The second-order valence-electron chi connectivity index (χ2n) is 3.95. The summed E-state index contributed by atoms with van der Waals surface area (Å²) in [4.78, 5) is 22.9. The highest BCUT2D eigenvalue weighted by atomic mass is 16.6. The monoisotopic (exact) mass is 276 g/mol. The van der Waals surface area contributed by atoms with Crippen molar-refractivity contribution in [3.8, 4) is 6.07 Å². The first-order valence-corrected chi connectivity index (χ1v) is 6.10. The normalized spacial score (nSPS) is 9.60. The van der Waals surface area contributed by atoms with Crippen LogP contribution in [0.5, 0.6) is 0 Å². The molecule has 0 saturated heterocycles. The maximum absolute atomic E-state index is 11.6. The molecule has 0 bridgehead atoms. The van der Waals surface area contributed by atoms with E-state index in [2.05, 4.69) is 5.32 Å². The van der Waals surface area contributed by atoms with Crippen molar-refractivity contribution < 1.29 is 19.1 Å². The average Bonchev–Trinajstić information content (AvgIpc) is 2.46. The Hall–Kier alpha value is -2.39. The van der Waals surface area contributed by atoms with Crippen LogP contribution < -0.4 is 5.32 Å². The Balaban J connectivity index is 2.29. The van der Waals surface area contributed by atoms with Crippen LogP contribution in [0.2, 0.25) is 0 Å². The third-order valence-electron chi connectivity index (χ3n) is 2.40. The molecule has 1 rings (SSSR count). The smallest absolute Gasteiger partial charge is 0.306 e. The van der Waals surface area contributed by atoms with E-state index in [1.807, 2.05) is 6.07 Å². The van der Waals surface area contributed by atoms with Crippen molar-refractivity contribution >= 4 is 17.6 Å². The number of esters is 1. The van der Waals surface area contributed by atoms with Gasteiger partial charge in [0.2, 0.25) is 5.91 Å². The fourth-order valence-electron chi connectivity index (χ4n) is 1.38. The lowest BCUT2D eigenvalue weighted by molar-refractivity contribution is -0.145. The number of ether oxygens (including phenoxy) is 2. The molecule has 0 radical (unpaired) electrons. The number of carbonyl (C=O) groups excluding carboxylic acids is 2. The Kier molecular flexibility index (Phi) is 6.79. The Bertz CT molecular complexity index is 491. The van der Waals surface area contributed by atoms with E-state index in [1.54, 1.807) is 24.3 Å². The number of nitriles is 1. The third-order valence-corrected chi connectivity index (χ3v) is 2.40. The average molecular weight is 276 g/mol. The van der Waals surface area contributed by atoms with E-state index in [9.17, 15) is 9.59 Å². The second-order valence-corrected chi connectivity index (χ2v) is 3.95. The number of nitrogens with zero attached hydrogens (tertiary/aromatic N) is 1. The zero-order chi connectivity index (χ0) is 14.8. The van der Waals surface area contributed by atoms with Crippen molar-refractivity contribution in [2.45, 2.75) is 12.8 Å². The fourth-order valence-corrected chi connectivity index (χ4v) is 1.38. The highest BCUT2D eigenvalue weighted by Crippen LogP contribution is 2.09. The van der Waals surface area contributed by atoms with Gasteiger partial charge in [-0.25, -0.2) is 0 Å². The minimum Gasteiger partial charge on any atom is -0.463 e. The van der Waals surface area contributed by atoms with Gasteiger partial charge in [-0.3, -0.25) is 9.59 Å². The largest absolute Gasteiger partial charge is 0.463 e. The number of hydrogen-bond acceptors (Lipinski definition) is 5. The van der Waals surface area contributed by atoms with E-state index < -0.39 is 5.97 Å². The van der Waals surface area contributed by atoms with Crippen molar-refractivity contribution in [3.05, 3.63) is 29.8 Å². The van der Waals surface area contributed by atoms with Crippen LogP contribution in [0.25, 0.3) is 0 Å². The van der Waals surface area contributed by atoms with Crippen molar-refractivity contribution in [1.29, 1.82) is 5.26 Å². The quantitative estimate of drug-likeness (QED) is 0.601. The second kappa shape index (κ2) is 8.67. The van der Waals surface area contributed by atoms with Crippen molar-refractivity contribution in [3.63, 3.8) is 0 Å². The topological polar surface area (TPSA) is 88.4 Å². The summed E-state index contributed by atoms with van der Waals surface area (Å²) >= 11 is 0. The molecule has 6 heteroatoms. The maximum Gasteiger partial charge on any atom is 0.306 e. The molecular formula is C14H16N2O4.